The lowest BCUT2D eigenvalue weighted by Gasteiger charge is -2.08. The average Bonchev–Trinajstić information content (AvgIpc) is 2.50. The minimum absolute atomic E-state index is 0.0856. The van der Waals surface area contributed by atoms with Crippen LogP contribution < -0.4 is 10.6 Å². The van der Waals surface area contributed by atoms with E-state index in [0.717, 1.165) is 31.1 Å². The fraction of sp³-hybridized carbons (Fsp3) is 0.250. The van der Waals surface area contributed by atoms with Crippen molar-refractivity contribution in [2.45, 2.75) is 19.8 Å². The second-order valence-corrected chi connectivity index (χ2v) is 4.79. The summed E-state index contributed by atoms with van der Waals surface area (Å²) in [5.74, 6) is -2.08. The number of nitrogens with zero attached hydrogens (tertiary/aromatic N) is 1. The highest BCUT2D eigenvalue weighted by atomic mass is 19.1. The van der Waals surface area contributed by atoms with Gasteiger partial charge < -0.3 is 10.6 Å². The molecule has 1 aromatic heterocycles. The maximum absolute atomic E-state index is 13.5. The van der Waals surface area contributed by atoms with E-state index in [4.69, 9.17) is 0 Å². The Morgan fingerprint density at radius 2 is 2.05 bits per heavy atom. The van der Waals surface area contributed by atoms with E-state index in [1.807, 2.05) is 0 Å². The van der Waals surface area contributed by atoms with Crippen molar-refractivity contribution in [2.75, 3.05) is 17.2 Å². The maximum atomic E-state index is 13.5. The summed E-state index contributed by atoms with van der Waals surface area (Å²) < 4.78 is 26.4. The number of halogens is 2. The van der Waals surface area contributed by atoms with Crippen LogP contribution >= 0.6 is 0 Å². The van der Waals surface area contributed by atoms with Gasteiger partial charge in [-0.1, -0.05) is 13.3 Å². The SMILES string of the molecule is CCCCNc1ccnc(C(=O)Nc2ccc(F)cc2F)c1. The molecule has 2 rings (SSSR count). The molecule has 0 unspecified atom stereocenters. The first-order chi connectivity index (χ1) is 10.6. The summed E-state index contributed by atoms with van der Waals surface area (Å²) in [4.78, 5) is 16.0. The van der Waals surface area contributed by atoms with Crippen LogP contribution in [0.15, 0.2) is 36.5 Å². The molecule has 0 atom stereocenters. The molecule has 0 aliphatic rings. The van der Waals surface area contributed by atoms with Gasteiger partial charge >= 0.3 is 0 Å². The highest BCUT2D eigenvalue weighted by Crippen LogP contribution is 2.16. The standard InChI is InChI=1S/C16H17F2N3O/c1-2-3-7-19-12-6-8-20-15(10-12)16(22)21-14-5-4-11(17)9-13(14)18/h4-6,8-10H,2-3,7H2,1H3,(H,19,20)(H,21,22). The van der Waals surface area contributed by atoms with Crippen molar-refractivity contribution >= 4 is 17.3 Å². The quantitative estimate of drug-likeness (QED) is 0.798. The predicted octanol–water partition coefficient (Wildman–Crippen LogP) is 3.82. The van der Waals surface area contributed by atoms with Crippen molar-refractivity contribution < 1.29 is 13.6 Å². The number of aromatic nitrogens is 1. The lowest BCUT2D eigenvalue weighted by molar-refractivity contribution is 0.102. The van der Waals surface area contributed by atoms with E-state index in [-0.39, 0.29) is 11.4 Å². The van der Waals surface area contributed by atoms with Gasteiger partial charge in [0.25, 0.3) is 5.91 Å². The van der Waals surface area contributed by atoms with Crippen LogP contribution in [0, 0.1) is 11.6 Å². The third-order valence-corrected chi connectivity index (χ3v) is 3.03. The zero-order valence-corrected chi connectivity index (χ0v) is 12.2. The van der Waals surface area contributed by atoms with Gasteiger partial charge in [-0.15, -0.1) is 0 Å². The second kappa shape index (κ2) is 7.49. The van der Waals surface area contributed by atoms with Gasteiger partial charge in [-0.05, 0) is 30.7 Å². The Labute approximate surface area is 127 Å². The number of hydrogen-bond acceptors (Lipinski definition) is 3. The number of anilines is 2. The summed E-state index contributed by atoms with van der Waals surface area (Å²) in [5, 5.41) is 5.56. The van der Waals surface area contributed by atoms with Gasteiger partial charge in [0.05, 0.1) is 5.69 Å². The van der Waals surface area contributed by atoms with Crippen molar-refractivity contribution in [3.8, 4) is 0 Å². The molecule has 116 valence electrons. The van der Waals surface area contributed by atoms with Crippen molar-refractivity contribution in [1.29, 1.82) is 0 Å². The summed E-state index contributed by atoms with van der Waals surface area (Å²) in [5.41, 5.74) is 0.843. The number of carbonyl (C=O) groups is 1. The summed E-state index contributed by atoms with van der Waals surface area (Å²) in [6.07, 6.45) is 3.59. The van der Waals surface area contributed by atoms with Gasteiger partial charge in [0.2, 0.25) is 0 Å². The smallest absolute Gasteiger partial charge is 0.274 e. The molecule has 0 spiro atoms. The van der Waals surface area contributed by atoms with Crippen molar-refractivity contribution in [3.63, 3.8) is 0 Å². The highest BCUT2D eigenvalue weighted by Gasteiger charge is 2.11. The van der Waals surface area contributed by atoms with Gasteiger partial charge in [0, 0.05) is 24.5 Å². The van der Waals surface area contributed by atoms with E-state index in [0.29, 0.717) is 6.07 Å². The summed E-state index contributed by atoms with van der Waals surface area (Å²) >= 11 is 0. The third-order valence-electron chi connectivity index (χ3n) is 3.03. The van der Waals surface area contributed by atoms with E-state index < -0.39 is 17.5 Å². The Morgan fingerprint density at radius 3 is 2.77 bits per heavy atom. The Balaban J connectivity index is 2.07. The molecule has 0 saturated carbocycles. The molecule has 0 bridgehead atoms. The molecule has 0 aliphatic carbocycles. The van der Waals surface area contributed by atoms with Crippen molar-refractivity contribution in [1.82, 2.24) is 4.98 Å². The number of hydrogen-bond donors (Lipinski definition) is 2. The maximum Gasteiger partial charge on any atom is 0.274 e. The molecular weight excluding hydrogens is 288 g/mol. The summed E-state index contributed by atoms with van der Waals surface area (Å²) in [7, 11) is 0. The van der Waals surface area contributed by atoms with E-state index in [1.54, 1.807) is 12.1 Å². The fourth-order valence-corrected chi connectivity index (χ4v) is 1.85. The monoisotopic (exact) mass is 305 g/mol. The average molecular weight is 305 g/mol. The molecule has 4 nitrogen and oxygen atoms in total. The first kappa shape index (κ1) is 15.9. The molecule has 0 aliphatic heterocycles. The van der Waals surface area contributed by atoms with Crippen LogP contribution in [0.25, 0.3) is 0 Å². The normalized spacial score (nSPS) is 10.3. The number of carbonyl (C=O) groups excluding carboxylic acids is 1. The summed E-state index contributed by atoms with van der Waals surface area (Å²) in [6, 6.07) is 6.31. The summed E-state index contributed by atoms with van der Waals surface area (Å²) in [6.45, 7) is 2.89. The van der Waals surface area contributed by atoms with Gasteiger partial charge in [-0.25, -0.2) is 8.78 Å². The van der Waals surface area contributed by atoms with Crippen LogP contribution in [0.1, 0.15) is 30.3 Å². The van der Waals surface area contributed by atoms with Crippen LogP contribution in [0.2, 0.25) is 0 Å². The molecule has 1 aromatic carbocycles. The van der Waals surface area contributed by atoms with Crippen LogP contribution in [0.4, 0.5) is 20.2 Å². The first-order valence-corrected chi connectivity index (χ1v) is 7.06. The molecule has 22 heavy (non-hydrogen) atoms. The van der Waals surface area contributed by atoms with Gasteiger partial charge in [-0.3, -0.25) is 9.78 Å². The zero-order chi connectivity index (χ0) is 15.9. The second-order valence-electron chi connectivity index (χ2n) is 4.79. The van der Waals surface area contributed by atoms with E-state index in [2.05, 4.69) is 22.5 Å². The predicted molar refractivity (Wildman–Crippen MR) is 81.9 cm³/mol. The van der Waals surface area contributed by atoms with Crippen LogP contribution in [0.5, 0.6) is 0 Å². The molecule has 2 N–H and O–H groups in total. The largest absolute Gasteiger partial charge is 0.385 e. The molecule has 0 fully saturated rings. The third kappa shape index (κ3) is 4.25. The number of rotatable bonds is 6. The Bertz CT molecular complexity index is 662. The molecule has 2 aromatic rings. The van der Waals surface area contributed by atoms with Gasteiger partial charge in [-0.2, -0.15) is 0 Å². The Kier molecular flexibility index (Phi) is 5.41. The van der Waals surface area contributed by atoms with Crippen molar-refractivity contribution in [2.24, 2.45) is 0 Å². The van der Waals surface area contributed by atoms with Crippen LogP contribution in [0.3, 0.4) is 0 Å². The molecule has 1 heterocycles. The highest BCUT2D eigenvalue weighted by molar-refractivity contribution is 6.03. The number of benzene rings is 1. The minimum atomic E-state index is -0.828. The Hall–Kier alpha value is -2.50. The van der Waals surface area contributed by atoms with E-state index >= 15 is 0 Å². The number of nitrogens with one attached hydrogen (secondary N) is 2. The van der Waals surface area contributed by atoms with Gasteiger partial charge in [0.1, 0.15) is 17.3 Å². The van der Waals surface area contributed by atoms with Gasteiger partial charge in [0.15, 0.2) is 0 Å². The van der Waals surface area contributed by atoms with E-state index in [9.17, 15) is 13.6 Å². The lowest BCUT2D eigenvalue weighted by atomic mass is 10.2. The molecule has 1 amide bonds. The Morgan fingerprint density at radius 1 is 1.23 bits per heavy atom. The molecule has 6 heteroatoms. The van der Waals surface area contributed by atoms with E-state index in [1.165, 1.54) is 12.3 Å². The van der Waals surface area contributed by atoms with Crippen LogP contribution in [-0.4, -0.2) is 17.4 Å². The zero-order valence-electron chi connectivity index (χ0n) is 12.2. The number of pyridine rings is 1. The number of unbranched alkanes of at least 4 members (excludes halogenated alkanes) is 1. The first-order valence-electron chi connectivity index (χ1n) is 7.06. The van der Waals surface area contributed by atoms with Crippen molar-refractivity contribution in [3.05, 3.63) is 53.9 Å². The minimum Gasteiger partial charge on any atom is -0.385 e. The lowest BCUT2D eigenvalue weighted by Crippen LogP contribution is -2.15. The fourth-order valence-electron chi connectivity index (χ4n) is 1.85. The molecular formula is C16H17F2N3O. The molecule has 0 saturated heterocycles. The molecule has 0 radical (unpaired) electrons. The topological polar surface area (TPSA) is 54.0 Å². The van der Waals surface area contributed by atoms with Crippen LogP contribution in [-0.2, 0) is 0 Å². The number of amides is 1.